The van der Waals surface area contributed by atoms with Crippen LogP contribution < -0.4 is 9.47 Å². The van der Waals surface area contributed by atoms with Crippen molar-refractivity contribution in [2.75, 3.05) is 14.2 Å². The van der Waals surface area contributed by atoms with Crippen molar-refractivity contribution in [2.45, 2.75) is 32.1 Å². The fourth-order valence-electron chi connectivity index (χ4n) is 2.67. The lowest BCUT2D eigenvalue weighted by Crippen LogP contribution is -1.95. The zero-order valence-corrected chi connectivity index (χ0v) is 13.7. The minimum atomic E-state index is -0.00569. The molecule has 0 aliphatic rings. The van der Waals surface area contributed by atoms with Crippen LogP contribution in [0.2, 0.25) is 0 Å². The van der Waals surface area contributed by atoms with Crippen molar-refractivity contribution >= 4 is 0 Å². The predicted molar refractivity (Wildman–Crippen MR) is 90.6 cm³/mol. The molecule has 0 aliphatic carbocycles. The molecule has 4 nitrogen and oxygen atoms in total. The molecule has 0 saturated carbocycles. The zero-order chi connectivity index (χ0) is 16.7. The molecule has 0 fully saturated rings. The fraction of sp³-hybridized carbons (Fsp3) is 0.368. The first-order chi connectivity index (χ1) is 11.2. The van der Waals surface area contributed by atoms with Crippen molar-refractivity contribution in [3.8, 4) is 23.0 Å². The number of methoxy groups -OCH3 is 2. The third kappa shape index (κ3) is 4.31. The Bertz CT molecular complexity index is 595. The first kappa shape index (κ1) is 17.0. The highest BCUT2D eigenvalue weighted by atomic mass is 16.5. The normalized spacial score (nSPS) is 10.5. The van der Waals surface area contributed by atoms with Crippen molar-refractivity contribution in [3.05, 3.63) is 47.5 Å². The summed E-state index contributed by atoms with van der Waals surface area (Å²) in [5.74, 6) is 0.626. The molecule has 0 unspecified atom stereocenters. The number of phenols is 2. The highest BCUT2D eigenvalue weighted by Crippen LogP contribution is 2.43. The first-order valence-corrected chi connectivity index (χ1v) is 7.87. The Kier molecular flexibility index (Phi) is 6.15. The lowest BCUT2D eigenvalue weighted by atomic mass is 10.0. The van der Waals surface area contributed by atoms with Crippen LogP contribution in [0.1, 0.15) is 30.4 Å². The average Bonchev–Trinajstić information content (AvgIpc) is 2.58. The Morgan fingerprint density at radius 2 is 1.35 bits per heavy atom. The molecule has 2 aromatic rings. The average molecular weight is 316 g/mol. The van der Waals surface area contributed by atoms with Crippen LogP contribution >= 0.6 is 0 Å². The van der Waals surface area contributed by atoms with E-state index in [1.54, 1.807) is 0 Å². The Labute approximate surface area is 137 Å². The number of phenolic OH excluding ortho intramolecular Hbond substituents is 2. The molecule has 0 bridgehead atoms. The Balaban J connectivity index is 1.92. The number of rotatable bonds is 8. The van der Waals surface area contributed by atoms with E-state index in [4.69, 9.17) is 9.47 Å². The summed E-state index contributed by atoms with van der Waals surface area (Å²) in [7, 11) is 2.96. The summed E-state index contributed by atoms with van der Waals surface area (Å²) in [5.41, 5.74) is 1.82. The highest BCUT2D eigenvalue weighted by molar-refractivity contribution is 5.59. The van der Waals surface area contributed by atoms with Gasteiger partial charge in [0.1, 0.15) is 0 Å². The third-order valence-electron chi connectivity index (χ3n) is 3.98. The van der Waals surface area contributed by atoms with E-state index in [-0.39, 0.29) is 11.5 Å². The van der Waals surface area contributed by atoms with E-state index in [0.29, 0.717) is 23.5 Å². The van der Waals surface area contributed by atoms with Crippen LogP contribution in [0.5, 0.6) is 23.0 Å². The number of ether oxygens (including phenoxy) is 2. The predicted octanol–water partition coefficient (Wildman–Crippen LogP) is 4.07. The number of aromatic hydroxyl groups is 2. The lowest BCUT2D eigenvalue weighted by Gasteiger charge is -2.14. The molecule has 4 heteroatoms. The van der Waals surface area contributed by atoms with Crippen molar-refractivity contribution < 1.29 is 19.7 Å². The molecule has 0 spiro atoms. The van der Waals surface area contributed by atoms with Gasteiger partial charge in [-0.2, -0.15) is 0 Å². The van der Waals surface area contributed by atoms with Crippen LogP contribution in [-0.2, 0) is 12.8 Å². The van der Waals surface area contributed by atoms with E-state index >= 15 is 0 Å². The molecule has 0 aliphatic heterocycles. The number of aryl methyl sites for hydroxylation is 1. The largest absolute Gasteiger partial charge is 0.504 e. The molecular formula is C19H24O4. The summed E-state index contributed by atoms with van der Waals surface area (Å²) < 4.78 is 10.3. The smallest absolute Gasteiger partial charge is 0.164 e. The van der Waals surface area contributed by atoms with Gasteiger partial charge in [0, 0.05) is 11.6 Å². The Hall–Kier alpha value is -2.36. The van der Waals surface area contributed by atoms with Gasteiger partial charge in [-0.25, -0.2) is 0 Å². The monoisotopic (exact) mass is 316 g/mol. The molecule has 0 amide bonds. The summed E-state index contributed by atoms with van der Waals surface area (Å²) in [6.07, 6.45) is 4.60. The molecule has 0 heterocycles. The van der Waals surface area contributed by atoms with Crippen LogP contribution in [0.3, 0.4) is 0 Å². The van der Waals surface area contributed by atoms with Gasteiger partial charge < -0.3 is 19.7 Å². The maximum Gasteiger partial charge on any atom is 0.164 e. The molecule has 2 rings (SSSR count). The van der Waals surface area contributed by atoms with Gasteiger partial charge in [-0.15, -0.1) is 0 Å². The fourth-order valence-corrected chi connectivity index (χ4v) is 2.67. The van der Waals surface area contributed by atoms with Crippen LogP contribution in [0, 0.1) is 0 Å². The molecule has 124 valence electrons. The second kappa shape index (κ2) is 8.32. The number of benzene rings is 2. The minimum absolute atomic E-state index is 0.00569. The second-order valence-electron chi connectivity index (χ2n) is 5.50. The van der Waals surface area contributed by atoms with Gasteiger partial charge in [0.05, 0.1) is 14.2 Å². The summed E-state index contributed by atoms with van der Waals surface area (Å²) in [5, 5.41) is 20.4. The topological polar surface area (TPSA) is 58.9 Å². The molecule has 23 heavy (non-hydrogen) atoms. The van der Waals surface area contributed by atoms with E-state index in [9.17, 15) is 10.2 Å². The first-order valence-electron chi connectivity index (χ1n) is 7.87. The Morgan fingerprint density at radius 3 is 1.91 bits per heavy atom. The molecule has 2 N–H and O–H groups in total. The van der Waals surface area contributed by atoms with Crippen LogP contribution in [-0.4, -0.2) is 24.4 Å². The van der Waals surface area contributed by atoms with Gasteiger partial charge >= 0.3 is 0 Å². The van der Waals surface area contributed by atoms with Crippen LogP contribution in [0.15, 0.2) is 36.4 Å². The summed E-state index contributed by atoms with van der Waals surface area (Å²) >= 11 is 0. The van der Waals surface area contributed by atoms with Gasteiger partial charge in [0.2, 0.25) is 0 Å². The van der Waals surface area contributed by atoms with Gasteiger partial charge in [-0.3, -0.25) is 0 Å². The number of unbranched alkanes of at least 4 members (excludes halogenated alkanes) is 2. The van der Waals surface area contributed by atoms with Crippen molar-refractivity contribution in [1.29, 1.82) is 0 Å². The maximum atomic E-state index is 10.2. The molecule has 0 atom stereocenters. The van der Waals surface area contributed by atoms with Crippen LogP contribution in [0.25, 0.3) is 0 Å². The zero-order valence-electron chi connectivity index (χ0n) is 13.7. The van der Waals surface area contributed by atoms with E-state index in [1.807, 2.05) is 18.2 Å². The molecule has 0 aromatic heterocycles. The molecule has 2 aromatic carbocycles. The van der Waals surface area contributed by atoms with E-state index in [0.717, 1.165) is 25.7 Å². The summed E-state index contributed by atoms with van der Waals surface area (Å²) in [6, 6.07) is 11.9. The second-order valence-corrected chi connectivity index (χ2v) is 5.50. The minimum Gasteiger partial charge on any atom is -0.504 e. The van der Waals surface area contributed by atoms with E-state index in [1.165, 1.54) is 25.8 Å². The maximum absolute atomic E-state index is 10.2. The van der Waals surface area contributed by atoms with Crippen molar-refractivity contribution in [2.24, 2.45) is 0 Å². The van der Waals surface area contributed by atoms with Gasteiger partial charge in [0.25, 0.3) is 0 Å². The third-order valence-corrected chi connectivity index (χ3v) is 3.98. The van der Waals surface area contributed by atoms with E-state index in [2.05, 4.69) is 12.1 Å². The number of hydrogen-bond donors (Lipinski definition) is 2. The van der Waals surface area contributed by atoms with Gasteiger partial charge in [-0.1, -0.05) is 36.8 Å². The van der Waals surface area contributed by atoms with Gasteiger partial charge in [0.15, 0.2) is 23.0 Å². The van der Waals surface area contributed by atoms with Crippen LogP contribution in [0.4, 0.5) is 0 Å². The standard InChI is InChI=1S/C19H24O4/c1-22-16-13-17(23-2)19(21)15(18(16)20)12-8-4-7-11-14-9-5-3-6-10-14/h3,5-6,9-10,13,20-21H,4,7-8,11-12H2,1-2H3. The summed E-state index contributed by atoms with van der Waals surface area (Å²) in [4.78, 5) is 0. The van der Waals surface area contributed by atoms with E-state index < -0.39 is 0 Å². The summed E-state index contributed by atoms with van der Waals surface area (Å²) in [6.45, 7) is 0. The highest BCUT2D eigenvalue weighted by Gasteiger charge is 2.18. The molecule has 0 saturated heterocycles. The van der Waals surface area contributed by atoms with Gasteiger partial charge in [-0.05, 0) is 31.2 Å². The van der Waals surface area contributed by atoms with Crippen molar-refractivity contribution in [3.63, 3.8) is 0 Å². The molecule has 0 radical (unpaired) electrons. The molecular weight excluding hydrogens is 292 g/mol. The number of hydrogen-bond acceptors (Lipinski definition) is 4. The Morgan fingerprint density at radius 1 is 0.783 bits per heavy atom. The quantitative estimate of drug-likeness (QED) is 0.721. The lowest BCUT2D eigenvalue weighted by molar-refractivity contribution is 0.340. The SMILES string of the molecule is COc1cc(OC)c(O)c(CCCCCc2ccccc2)c1O. The van der Waals surface area contributed by atoms with Crippen molar-refractivity contribution in [1.82, 2.24) is 0 Å².